The Bertz CT molecular complexity index is 112. The van der Waals surface area contributed by atoms with Crippen molar-refractivity contribution >= 4 is 0 Å². The molecule has 0 aromatic rings. The summed E-state index contributed by atoms with van der Waals surface area (Å²) in [4.78, 5) is 0. The van der Waals surface area contributed by atoms with Crippen LogP contribution in [0.2, 0.25) is 0 Å². The molecule has 0 spiro atoms. The molecule has 0 aliphatic heterocycles. The molecule has 2 N–H and O–H groups in total. The maximum Gasteiger partial charge on any atom is 0.0233 e. The first kappa shape index (κ1) is 16.9. The predicted octanol–water partition coefficient (Wildman–Crippen LogP) is 3.88. The molecule has 0 bridgehead atoms. The van der Waals surface area contributed by atoms with E-state index >= 15 is 0 Å². The minimum atomic E-state index is 1.12. The molecule has 0 unspecified atom stereocenters. The van der Waals surface area contributed by atoms with Crippen LogP contribution >= 0.6 is 0 Å². The molecule has 0 atom stereocenters. The third-order valence-electron chi connectivity index (χ3n) is 2.99. The van der Waals surface area contributed by atoms with Gasteiger partial charge in [0.1, 0.15) is 0 Å². The second-order valence-corrected chi connectivity index (χ2v) is 4.82. The summed E-state index contributed by atoms with van der Waals surface area (Å²) in [6.45, 7) is 10.2. The van der Waals surface area contributed by atoms with Gasteiger partial charge in [-0.3, -0.25) is 0 Å². The largest absolute Gasteiger partial charge is 0.317 e. The van der Waals surface area contributed by atoms with Crippen LogP contribution in [0.25, 0.3) is 0 Å². The van der Waals surface area contributed by atoms with Crippen molar-refractivity contribution in [3.8, 4) is 0 Å². The number of nitrogens with one attached hydrogen (secondary N) is 2. The summed E-state index contributed by atoms with van der Waals surface area (Å²) in [5, 5.41) is 6.87. The van der Waals surface area contributed by atoms with Crippen LogP contribution in [-0.2, 0) is 0 Å². The highest BCUT2D eigenvalue weighted by Crippen LogP contribution is 1.98. The van der Waals surface area contributed by atoms with Gasteiger partial charge in [-0.1, -0.05) is 52.4 Å². The molecule has 0 aromatic carbocycles. The number of rotatable bonds is 14. The van der Waals surface area contributed by atoms with Crippen molar-refractivity contribution in [2.75, 3.05) is 19.6 Å². The van der Waals surface area contributed by atoms with E-state index in [0.29, 0.717) is 0 Å². The van der Waals surface area contributed by atoms with E-state index in [1.165, 1.54) is 57.9 Å². The molecule has 0 aromatic heterocycles. The van der Waals surface area contributed by atoms with Gasteiger partial charge in [-0.05, 0) is 38.9 Å². The van der Waals surface area contributed by atoms with E-state index in [4.69, 9.17) is 0 Å². The minimum Gasteiger partial charge on any atom is -0.317 e. The third-order valence-corrected chi connectivity index (χ3v) is 2.99. The van der Waals surface area contributed by atoms with Gasteiger partial charge in [0.2, 0.25) is 0 Å². The summed E-state index contributed by atoms with van der Waals surface area (Å²) >= 11 is 0. The highest BCUT2D eigenvalue weighted by Gasteiger charge is 1.91. The van der Waals surface area contributed by atoms with Crippen LogP contribution < -0.4 is 10.6 Å². The number of hydrogen-bond acceptors (Lipinski definition) is 2. The fraction of sp³-hybridized carbons (Fsp3) is 0.933. The first-order valence-corrected chi connectivity index (χ1v) is 7.67. The Balaban J connectivity index is 2.85. The number of unbranched alkanes of at least 4 members (excludes halogenated alkanes) is 6. The summed E-state index contributed by atoms with van der Waals surface area (Å²) < 4.78 is 0. The van der Waals surface area contributed by atoms with E-state index in [1.807, 2.05) is 0 Å². The molecule has 17 heavy (non-hydrogen) atoms. The van der Waals surface area contributed by atoms with Crippen LogP contribution in [0.4, 0.5) is 0 Å². The molecular formula is C15H33N2. The van der Waals surface area contributed by atoms with Crippen LogP contribution in [0, 0.1) is 6.54 Å². The topological polar surface area (TPSA) is 24.1 Å². The Morgan fingerprint density at radius 2 is 1.35 bits per heavy atom. The molecule has 0 aliphatic rings. The minimum absolute atomic E-state index is 1.12. The second kappa shape index (κ2) is 15.9. The average Bonchev–Trinajstić information content (AvgIpc) is 2.35. The van der Waals surface area contributed by atoms with E-state index in [2.05, 4.69) is 31.0 Å². The summed E-state index contributed by atoms with van der Waals surface area (Å²) in [5.74, 6) is 0. The zero-order valence-corrected chi connectivity index (χ0v) is 12.1. The van der Waals surface area contributed by atoms with E-state index in [0.717, 1.165) is 19.5 Å². The quantitative estimate of drug-likeness (QED) is 0.451. The maximum atomic E-state index is 3.48. The molecule has 2 heteroatoms. The van der Waals surface area contributed by atoms with E-state index < -0.39 is 0 Å². The molecule has 0 amide bonds. The van der Waals surface area contributed by atoms with Crippen LogP contribution in [0.15, 0.2) is 0 Å². The lowest BCUT2D eigenvalue weighted by Gasteiger charge is -2.05. The van der Waals surface area contributed by atoms with Gasteiger partial charge in [-0.15, -0.1) is 0 Å². The molecule has 0 aliphatic carbocycles. The molecular weight excluding hydrogens is 208 g/mol. The van der Waals surface area contributed by atoms with Gasteiger partial charge >= 0.3 is 0 Å². The van der Waals surface area contributed by atoms with Crippen LogP contribution in [-0.4, -0.2) is 19.6 Å². The van der Waals surface area contributed by atoms with Gasteiger partial charge in [0.25, 0.3) is 0 Å². The van der Waals surface area contributed by atoms with E-state index in [-0.39, 0.29) is 0 Å². The molecule has 0 rings (SSSR count). The normalized spacial score (nSPS) is 10.9. The third kappa shape index (κ3) is 15.9. The molecule has 0 saturated carbocycles. The molecule has 1 radical (unpaired) electrons. The summed E-state index contributed by atoms with van der Waals surface area (Å²) in [6, 6.07) is 0. The summed E-state index contributed by atoms with van der Waals surface area (Å²) in [7, 11) is 0. The molecule has 0 fully saturated rings. The Hall–Kier alpha value is -0.0800. The monoisotopic (exact) mass is 241 g/mol. The van der Waals surface area contributed by atoms with E-state index in [1.54, 1.807) is 0 Å². The Labute approximate surface area is 109 Å². The van der Waals surface area contributed by atoms with Crippen molar-refractivity contribution in [1.29, 1.82) is 0 Å². The molecule has 0 heterocycles. The second-order valence-electron chi connectivity index (χ2n) is 4.82. The Morgan fingerprint density at radius 3 is 2.00 bits per heavy atom. The Kier molecular flexibility index (Phi) is 15.8. The van der Waals surface area contributed by atoms with E-state index in [9.17, 15) is 0 Å². The van der Waals surface area contributed by atoms with Crippen molar-refractivity contribution in [2.45, 2.75) is 71.6 Å². The maximum absolute atomic E-state index is 3.48. The fourth-order valence-corrected chi connectivity index (χ4v) is 1.83. The smallest absolute Gasteiger partial charge is 0.0233 e. The van der Waals surface area contributed by atoms with Crippen molar-refractivity contribution in [3.63, 3.8) is 0 Å². The molecule has 2 nitrogen and oxygen atoms in total. The predicted molar refractivity (Wildman–Crippen MR) is 78.1 cm³/mol. The van der Waals surface area contributed by atoms with Gasteiger partial charge in [-0.25, -0.2) is 0 Å². The van der Waals surface area contributed by atoms with Gasteiger partial charge in [-0.2, -0.15) is 0 Å². The molecule has 103 valence electrons. The lowest BCUT2D eigenvalue weighted by atomic mass is 10.2. The van der Waals surface area contributed by atoms with Crippen LogP contribution in [0.5, 0.6) is 0 Å². The van der Waals surface area contributed by atoms with Crippen LogP contribution in [0.3, 0.4) is 0 Å². The lowest BCUT2D eigenvalue weighted by Crippen LogP contribution is -2.20. The standard InChI is InChI=1S/C15H33N2/c1-3-5-7-9-12-16-14-11-15-17-13-10-8-6-4-2/h14,16-17H,3-13,15H2,1-2H3. The van der Waals surface area contributed by atoms with Crippen molar-refractivity contribution in [3.05, 3.63) is 6.54 Å². The van der Waals surface area contributed by atoms with Crippen molar-refractivity contribution < 1.29 is 0 Å². The lowest BCUT2D eigenvalue weighted by molar-refractivity contribution is 0.579. The summed E-state index contributed by atoms with van der Waals surface area (Å²) in [5.41, 5.74) is 0. The van der Waals surface area contributed by atoms with Gasteiger partial charge in [0.05, 0.1) is 0 Å². The first-order valence-electron chi connectivity index (χ1n) is 7.67. The average molecular weight is 241 g/mol. The number of hydrogen-bond donors (Lipinski definition) is 2. The van der Waals surface area contributed by atoms with Gasteiger partial charge in [0.15, 0.2) is 0 Å². The zero-order chi connectivity index (χ0) is 12.6. The van der Waals surface area contributed by atoms with Crippen molar-refractivity contribution in [1.82, 2.24) is 10.6 Å². The highest BCUT2D eigenvalue weighted by molar-refractivity contribution is 4.63. The Morgan fingerprint density at radius 1 is 0.706 bits per heavy atom. The fourth-order valence-electron chi connectivity index (χ4n) is 1.83. The van der Waals surface area contributed by atoms with Crippen LogP contribution in [0.1, 0.15) is 71.6 Å². The SMILES string of the molecule is CCCCCCN[CH]CCNCCCCCC. The highest BCUT2D eigenvalue weighted by atomic mass is 14.9. The zero-order valence-electron chi connectivity index (χ0n) is 12.1. The van der Waals surface area contributed by atoms with Crippen molar-refractivity contribution in [2.24, 2.45) is 0 Å². The van der Waals surface area contributed by atoms with Gasteiger partial charge < -0.3 is 10.6 Å². The molecule has 0 saturated heterocycles. The first-order chi connectivity index (χ1) is 8.41. The summed E-state index contributed by atoms with van der Waals surface area (Å²) in [6.07, 6.45) is 11.9. The van der Waals surface area contributed by atoms with Gasteiger partial charge in [0, 0.05) is 6.54 Å².